The number of aliphatic hydroxyl groups is 1. The Kier molecular flexibility index (Phi) is 6.47. The van der Waals surface area contributed by atoms with E-state index in [1.54, 1.807) is 0 Å². The van der Waals surface area contributed by atoms with Crippen LogP contribution in [-0.2, 0) is 9.47 Å². The van der Waals surface area contributed by atoms with Crippen LogP contribution < -0.4 is 0 Å². The number of aliphatic hydroxyl groups excluding tert-OH is 1. The predicted molar refractivity (Wildman–Crippen MR) is 54.8 cm³/mol. The molecule has 1 heterocycles. The van der Waals surface area contributed by atoms with Gasteiger partial charge in [0.1, 0.15) is 0 Å². The maximum atomic E-state index is 9.08. The van der Waals surface area contributed by atoms with E-state index in [-0.39, 0.29) is 12.6 Å². The van der Waals surface area contributed by atoms with Crippen LogP contribution >= 0.6 is 11.6 Å². The monoisotopic (exact) mass is 223 g/mol. The van der Waals surface area contributed by atoms with Gasteiger partial charge in [-0.15, -0.1) is 11.6 Å². The molecule has 14 heavy (non-hydrogen) atoms. The Morgan fingerprint density at radius 2 is 2.36 bits per heavy atom. The Hall–Kier alpha value is 0.130. The number of morpholine rings is 1. The molecule has 4 nitrogen and oxygen atoms in total. The molecule has 84 valence electrons. The molecular formula is C9H18ClNO3. The summed E-state index contributed by atoms with van der Waals surface area (Å²) < 4.78 is 10.5. The molecule has 0 aliphatic carbocycles. The van der Waals surface area contributed by atoms with E-state index in [1.807, 2.05) is 0 Å². The molecule has 0 aromatic carbocycles. The highest BCUT2D eigenvalue weighted by Crippen LogP contribution is 2.05. The summed E-state index contributed by atoms with van der Waals surface area (Å²) in [7, 11) is 0. The van der Waals surface area contributed by atoms with Crippen molar-refractivity contribution in [3.63, 3.8) is 0 Å². The Bertz CT molecular complexity index is 148. The summed E-state index contributed by atoms with van der Waals surface area (Å²) in [4.78, 5) is 2.19. The highest BCUT2D eigenvalue weighted by atomic mass is 35.5. The van der Waals surface area contributed by atoms with Gasteiger partial charge < -0.3 is 14.6 Å². The van der Waals surface area contributed by atoms with Crippen molar-refractivity contribution in [3.05, 3.63) is 0 Å². The lowest BCUT2D eigenvalue weighted by molar-refractivity contribution is -0.0369. The van der Waals surface area contributed by atoms with E-state index < -0.39 is 0 Å². The summed E-state index contributed by atoms with van der Waals surface area (Å²) in [5, 5.41) is 9.08. The molecule has 1 aliphatic rings. The van der Waals surface area contributed by atoms with E-state index in [2.05, 4.69) is 4.90 Å². The molecule has 1 unspecified atom stereocenters. The second-order valence-electron chi connectivity index (χ2n) is 3.25. The largest absolute Gasteiger partial charge is 0.395 e. The zero-order valence-electron chi connectivity index (χ0n) is 8.32. The van der Waals surface area contributed by atoms with Crippen molar-refractivity contribution in [1.82, 2.24) is 4.90 Å². The van der Waals surface area contributed by atoms with Gasteiger partial charge in [-0.25, -0.2) is 0 Å². The van der Waals surface area contributed by atoms with Crippen LogP contribution in [0.3, 0.4) is 0 Å². The number of alkyl halides is 1. The second kappa shape index (κ2) is 7.43. The molecular weight excluding hydrogens is 206 g/mol. The van der Waals surface area contributed by atoms with Crippen LogP contribution in [0.4, 0.5) is 0 Å². The molecule has 1 aliphatic heterocycles. The van der Waals surface area contributed by atoms with E-state index in [0.717, 1.165) is 19.7 Å². The van der Waals surface area contributed by atoms with Gasteiger partial charge in [-0.1, -0.05) is 0 Å². The number of hydrogen-bond donors (Lipinski definition) is 1. The summed E-state index contributed by atoms with van der Waals surface area (Å²) in [5.74, 6) is 0.534. The molecule has 1 saturated heterocycles. The highest BCUT2D eigenvalue weighted by molar-refractivity contribution is 6.17. The third kappa shape index (κ3) is 4.11. The lowest BCUT2D eigenvalue weighted by atomic mass is 10.2. The number of ether oxygens (including phenoxy) is 2. The Morgan fingerprint density at radius 3 is 3.07 bits per heavy atom. The van der Waals surface area contributed by atoms with Crippen LogP contribution in [0.5, 0.6) is 0 Å². The van der Waals surface area contributed by atoms with Crippen molar-refractivity contribution in [2.75, 3.05) is 52.0 Å². The fourth-order valence-corrected chi connectivity index (χ4v) is 1.60. The quantitative estimate of drug-likeness (QED) is 0.506. The van der Waals surface area contributed by atoms with Crippen LogP contribution in [0.2, 0.25) is 0 Å². The zero-order chi connectivity index (χ0) is 10.2. The first kappa shape index (κ1) is 12.2. The van der Waals surface area contributed by atoms with Gasteiger partial charge in [0.05, 0.1) is 39.1 Å². The minimum absolute atomic E-state index is 0.128. The normalized spacial score (nSPS) is 24.0. The fourth-order valence-electron chi connectivity index (χ4n) is 1.49. The molecule has 1 rings (SSSR count). The number of nitrogens with zero attached hydrogens (tertiary/aromatic N) is 1. The first-order valence-corrected chi connectivity index (χ1v) is 5.48. The van der Waals surface area contributed by atoms with Gasteiger partial charge >= 0.3 is 0 Å². The van der Waals surface area contributed by atoms with Gasteiger partial charge in [0, 0.05) is 19.0 Å². The van der Waals surface area contributed by atoms with Gasteiger partial charge in [-0.2, -0.15) is 0 Å². The third-order valence-electron chi connectivity index (χ3n) is 2.30. The molecule has 0 bridgehead atoms. The fraction of sp³-hybridized carbons (Fsp3) is 1.00. The molecule has 1 atom stereocenters. The molecule has 5 heteroatoms. The lowest BCUT2D eigenvalue weighted by Crippen LogP contribution is -2.48. The average molecular weight is 224 g/mol. The average Bonchev–Trinajstić information content (AvgIpc) is 2.25. The van der Waals surface area contributed by atoms with Gasteiger partial charge in [-0.05, 0) is 0 Å². The van der Waals surface area contributed by atoms with Crippen molar-refractivity contribution in [1.29, 1.82) is 0 Å². The molecule has 0 saturated carbocycles. The molecule has 0 aromatic rings. The van der Waals surface area contributed by atoms with Crippen molar-refractivity contribution in [2.45, 2.75) is 6.04 Å². The van der Waals surface area contributed by atoms with E-state index in [9.17, 15) is 0 Å². The van der Waals surface area contributed by atoms with Crippen molar-refractivity contribution in [2.24, 2.45) is 0 Å². The highest BCUT2D eigenvalue weighted by Gasteiger charge is 2.21. The SMILES string of the molecule is OCC1COCCN1CCOCCCl. The summed E-state index contributed by atoms with van der Waals surface area (Å²) in [6.07, 6.45) is 0. The molecule has 1 N–H and O–H groups in total. The smallest absolute Gasteiger partial charge is 0.0644 e. The number of rotatable bonds is 6. The number of halogens is 1. The molecule has 0 spiro atoms. The van der Waals surface area contributed by atoms with Crippen LogP contribution in [-0.4, -0.2) is 68.1 Å². The lowest BCUT2D eigenvalue weighted by Gasteiger charge is -2.34. The van der Waals surface area contributed by atoms with E-state index in [0.29, 0.717) is 25.7 Å². The van der Waals surface area contributed by atoms with Gasteiger partial charge in [0.2, 0.25) is 0 Å². The summed E-state index contributed by atoms with van der Waals surface area (Å²) in [5.41, 5.74) is 0. The van der Waals surface area contributed by atoms with Gasteiger partial charge in [0.15, 0.2) is 0 Å². The zero-order valence-corrected chi connectivity index (χ0v) is 9.08. The summed E-state index contributed by atoms with van der Waals surface area (Å²) in [6.45, 7) is 4.48. The molecule has 0 aromatic heterocycles. The van der Waals surface area contributed by atoms with Gasteiger partial charge in [0.25, 0.3) is 0 Å². The summed E-state index contributed by atoms with van der Waals surface area (Å²) >= 11 is 5.48. The predicted octanol–water partition coefficient (Wildman–Crippen LogP) is -0.0651. The number of hydrogen-bond acceptors (Lipinski definition) is 4. The minimum atomic E-state index is 0.128. The van der Waals surface area contributed by atoms with Crippen LogP contribution in [0.1, 0.15) is 0 Å². The maximum absolute atomic E-state index is 9.08. The Morgan fingerprint density at radius 1 is 1.50 bits per heavy atom. The topological polar surface area (TPSA) is 41.9 Å². The van der Waals surface area contributed by atoms with Gasteiger partial charge in [-0.3, -0.25) is 4.90 Å². The first-order chi connectivity index (χ1) is 6.88. The summed E-state index contributed by atoms with van der Waals surface area (Å²) in [6, 6.07) is 0.128. The third-order valence-corrected chi connectivity index (χ3v) is 2.46. The van der Waals surface area contributed by atoms with E-state index in [4.69, 9.17) is 26.2 Å². The maximum Gasteiger partial charge on any atom is 0.0644 e. The second-order valence-corrected chi connectivity index (χ2v) is 3.63. The molecule has 0 amide bonds. The van der Waals surface area contributed by atoms with Crippen molar-refractivity contribution < 1.29 is 14.6 Å². The molecule has 0 radical (unpaired) electrons. The Balaban J connectivity index is 2.13. The molecule has 1 fully saturated rings. The first-order valence-electron chi connectivity index (χ1n) is 4.95. The van der Waals surface area contributed by atoms with Crippen LogP contribution in [0, 0.1) is 0 Å². The van der Waals surface area contributed by atoms with E-state index in [1.165, 1.54) is 0 Å². The van der Waals surface area contributed by atoms with Crippen LogP contribution in [0.15, 0.2) is 0 Å². The standard InChI is InChI=1S/C9H18ClNO3/c10-1-4-13-5-2-11-3-6-14-8-9(11)7-12/h9,12H,1-8H2. The minimum Gasteiger partial charge on any atom is -0.395 e. The van der Waals surface area contributed by atoms with E-state index >= 15 is 0 Å². The van der Waals surface area contributed by atoms with Crippen LogP contribution in [0.25, 0.3) is 0 Å². The Labute approximate surface area is 89.7 Å². The van der Waals surface area contributed by atoms with Crippen molar-refractivity contribution >= 4 is 11.6 Å². The van der Waals surface area contributed by atoms with Crippen molar-refractivity contribution in [3.8, 4) is 0 Å².